The number of hydrogen-bond acceptors (Lipinski definition) is 7. The lowest BCUT2D eigenvalue weighted by Gasteiger charge is -2.31. The highest BCUT2D eigenvalue weighted by atomic mass is 32.1. The third-order valence-electron chi connectivity index (χ3n) is 5.91. The van der Waals surface area contributed by atoms with Gasteiger partial charge in [-0.15, -0.1) is 11.3 Å². The van der Waals surface area contributed by atoms with Crippen molar-refractivity contribution in [2.24, 2.45) is 0 Å². The summed E-state index contributed by atoms with van der Waals surface area (Å²) in [6.07, 6.45) is 5.71. The van der Waals surface area contributed by atoms with Crippen molar-refractivity contribution in [3.63, 3.8) is 0 Å². The van der Waals surface area contributed by atoms with Gasteiger partial charge in [0.15, 0.2) is 5.82 Å². The fraction of sp³-hybridized carbons (Fsp3) is 0.333. The fourth-order valence-corrected chi connectivity index (χ4v) is 5.26. The second-order valence-corrected chi connectivity index (χ2v) is 9.00. The minimum absolute atomic E-state index is 0.465. The average Bonchev–Trinajstić information content (AvgIpc) is 3.45. The molecule has 1 aromatic carbocycles. The smallest absolute Gasteiger partial charge is 0.174 e. The van der Waals surface area contributed by atoms with Crippen LogP contribution in [-0.4, -0.2) is 44.9 Å². The first-order valence-corrected chi connectivity index (χ1v) is 11.7. The first-order valence-electron chi connectivity index (χ1n) is 10.8. The summed E-state index contributed by atoms with van der Waals surface area (Å²) in [5.74, 6) is 2.99. The molecule has 0 bridgehead atoms. The zero-order valence-corrected chi connectivity index (χ0v) is 19.3. The van der Waals surface area contributed by atoms with Crippen LogP contribution in [0.4, 0.5) is 5.82 Å². The molecule has 0 saturated carbocycles. The van der Waals surface area contributed by atoms with Crippen LogP contribution in [0.2, 0.25) is 0 Å². The zero-order chi connectivity index (χ0) is 22.1. The maximum absolute atomic E-state index is 5.51. The van der Waals surface area contributed by atoms with Gasteiger partial charge in [0.25, 0.3) is 0 Å². The molecule has 0 radical (unpaired) electrons. The van der Waals surface area contributed by atoms with Crippen molar-refractivity contribution in [2.75, 3.05) is 25.1 Å². The van der Waals surface area contributed by atoms with Gasteiger partial charge >= 0.3 is 0 Å². The standard InChI is InChI=1S/C24H26N6OS/c1-16-12-17(2)30(28-16)23-14-25-13-22(27-23)29-10-8-18(9-11-29)24-26-20(15-32-24)19-6-4-5-7-21(19)31-3/h4-7,12-15,18H,8-11H2,1-3H3. The lowest BCUT2D eigenvalue weighted by molar-refractivity contribution is 0.416. The molecule has 5 rings (SSSR count). The molecular formula is C24H26N6OS. The Labute approximate surface area is 191 Å². The van der Waals surface area contributed by atoms with E-state index in [0.717, 1.165) is 66.0 Å². The number of aromatic nitrogens is 5. The molecule has 0 aliphatic carbocycles. The van der Waals surface area contributed by atoms with E-state index in [-0.39, 0.29) is 0 Å². The summed E-state index contributed by atoms with van der Waals surface area (Å²) in [6, 6.07) is 10.1. The van der Waals surface area contributed by atoms with Gasteiger partial charge in [-0.05, 0) is 44.9 Å². The van der Waals surface area contributed by atoms with Gasteiger partial charge in [0.2, 0.25) is 0 Å². The van der Waals surface area contributed by atoms with E-state index in [2.05, 4.69) is 26.4 Å². The molecule has 8 heteroatoms. The van der Waals surface area contributed by atoms with Crippen molar-refractivity contribution < 1.29 is 4.74 Å². The molecule has 7 nitrogen and oxygen atoms in total. The van der Waals surface area contributed by atoms with Gasteiger partial charge in [0, 0.05) is 35.6 Å². The molecule has 0 unspecified atom stereocenters. The van der Waals surface area contributed by atoms with Gasteiger partial charge in [0.05, 0.1) is 35.9 Å². The van der Waals surface area contributed by atoms with Crippen LogP contribution in [0, 0.1) is 13.8 Å². The summed E-state index contributed by atoms with van der Waals surface area (Å²) < 4.78 is 7.36. The number of benzene rings is 1. The van der Waals surface area contributed by atoms with E-state index in [1.54, 1.807) is 24.6 Å². The summed E-state index contributed by atoms with van der Waals surface area (Å²) in [5, 5.41) is 7.88. The molecule has 164 valence electrons. The number of methoxy groups -OCH3 is 1. The zero-order valence-electron chi connectivity index (χ0n) is 18.5. The second-order valence-electron chi connectivity index (χ2n) is 8.11. The summed E-state index contributed by atoms with van der Waals surface area (Å²) in [5.41, 5.74) is 4.08. The third kappa shape index (κ3) is 3.98. The van der Waals surface area contributed by atoms with Crippen molar-refractivity contribution in [3.8, 4) is 22.8 Å². The highest BCUT2D eigenvalue weighted by Crippen LogP contribution is 2.36. The Kier molecular flexibility index (Phi) is 5.61. The van der Waals surface area contributed by atoms with Crippen molar-refractivity contribution in [1.82, 2.24) is 24.7 Å². The minimum atomic E-state index is 0.465. The fourth-order valence-electron chi connectivity index (χ4n) is 4.27. The first kappa shape index (κ1) is 20.6. The summed E-state index contributed by atoms with van der Waals surface area (Å²) in [4.78, 5) is 16.5. The summed E-state index contributed by atoms with van der Waals surface area (Å²) in [7, 11) is 1.70. The Morgan fingerprint density at radius 3 is 2.56 bits per heavy atom. The molecule has 1 aliphatic rings. The maximum Gasteiger partial charge on any atom is 0.174 e. The second kappa shape index (κ2) is 8.70. The van der Waals surface area contributed by atoms with Crippen molar-refractivity contribution >= 4 is 17.2 Å². The molecule has 32 heavy (non-hydrogen) atoms. The SMILES string of the molecule is COc1ccccc1-c1csc(C2CCN(c3cncc(-n4nc(C)cc4C)n3)CC2)n1. The predicted octanol–water partition coefficient (Wildman–Crippen LogP) is 4.80. The number of rotatable bonds is 5. The van der Waals surface area contributed by atoms with Crippen LogP contribution in [0.5, 0.6) is 5.75 Å². The molecule has 0 N–H and O–H groups in total. The number of anilines is 1. The van der Waals surface area contributed by atoms with Gasteiger partial charge < -0.3 is 9.64 Å². The molecule has 4 aromatic rings. The normalized spacial score (nSPS) is 14.7. The Morgan fingerprint density at radius 2 is 1.81 bits per heavy atom. The van der Waals surface area contributed by atoms with Gasteiger partial charge in [0.1, 0.15) is 11.6 Å². The molecular weight excluding hydrogens is 420 g/mol. The Morgan fingerprint density at radius 1 is 1.03 bits per heavy atom. The predicted molar refractivity (Wildman–Crippen MR) is 127 cm³/mol. The molecule has 0 spiro atoms. The van der Waals surface area contributed by atoms with Crippen LogP contribution >= 0.6 is 11.3 Å². The highest BCUT2D eigenvalue weighted by molar-refractivity contribution is 7.10. The maximum atomic E-state index is 5.51. The number of thiazole rings is 1. The molecule has 1 aliphatic heterocycles. The number of piperidine rings is 1. The van der Waals surface area contributed by atoms with Crippen LogP contribution in [0.25, 0.3) is 17.1 Å². The van der Waals surface area contributed by atoms with E-state index in [1.807, 2.05) is 49.0 Å². The summed E-state index contributed by atoms with van der Waals surface area (Å²) >= 11 is 1.75. The van der Waals surface area contributed by atoms with E-state index >= 15 is 0 Å². The van der Waals surface area contributed by atoms with Crippen LogP contribution in [-0.2, 0) is 0 Å². The molecule has 3 aromatic heterocycles. The van der Waals surface area contributed by atoms with E-state index in [0.29, 0.717) is 5.92 Å². The van der Waals surface area contributed by atoms with Crippen LogP contribution in [0.15, 0.2) is 48.1 Å². The van der Waals surface area contributed by atoms with Crippen LogP contribution in [0.1, 0.15) is 35.2 Å². The Hall–Kier alpha value is -3.26. The molecule has 4 heterocycles. The Bertz CT molecular complexity index is 1220. The van der Waals surface area contributed by atoms with E-state index in [1.165, 1.54) is 5.01 Å². The average molecular weight is 447 g/mol. The van der Waals surface area contributed by atoms with Crippen molar-refractivity contribution in [3.05, 3.63) is 64.5 Å². The van der Waals surface area contributed by atoms with Gasteiger partial charge in [-0.3, -0.25) is 4.98 Å². The van der Waals surface area contributed by atoms with Crippen molar-refractivity contribution in [1.29, 1.82) is 0 Å². The lowest BCUT2D eigenvalue weighted by Crippen LogP contribution is -2.33. The third-order valence-corrected chi connectivity index (χ3v) is 6.92. The Balaban J connectivity index is 1.29. The van der Waals surface area contributed by atoms with E-state index in [9.17, 15) is 0 Å². The van der Waals surface area contributed by atoms with Crippen LogP contribution in [0.3, 0.4) is 0 Å². The monoisotopic (exact) mass is 446 g/mol. The largest absolute Gasteiger partial charge is 0.496 e. The van der Waals surface area contributed by atoms with Crippen molar-refractivity contribution in [2.45, 2.75) is 32.6 Å². The van der Waals surface area contributed by atoms with Gasteiger partial charge in [-0.2, -0.15) is 5.10 Å². The summed E-state index contributed by atoms with van der Waals surface area (Å²) in [6.45, 7) is 5.89. The lowest BCUT2D eigenvalue weighted by atomic mass is 9.97. The van der Waals surface area contributed by atoms with E-state index in [4.69, 9.17) is 14.7 Å². The molecule has 0 atom stereocenters. The van der Waals surface area contributed by atoms with Gasteiger partial charge in [-0.25, -0.2) is 14.6 Å². The molecule has 1 fully saturated rings. The minimum Gasteiger partial charge on any atom is -0.496 e. The number of para-hydroxylation sites is 1. The number of aryl methyl sites for hydroxylation is 2. The highest BCUT2D eigenvalue weighted by Gasteiger charge is 2.25. The first-order chi connectivity index (χ1) is 15.6. The quantitative estimate of drug-likeness (QED) is 0.439. The molecule has 1 saturated heterocycles. The van der Waals surface area contributed by atoms with E-state index < -0.39 is 0 Å². The van der Waals surface area contributed by atoms with Gasteiger partial charge in [-0.1, -0.05) is 12.1 Å². The topological polar surface area (TPSA) is 69.0 Å². The number of ether oxygens (including phenoxy) is 1. The molecule has 0 amide bonds. The number of hydrogen-bond donors (Lipinski definition) is 0. The number of nitrogens with zero attached hydrogens (tertiary/aromatic N) is 6. The van der Waals surface area contributed by atoms with Crippen LogP contribution < -0.4 is 9.64 Å².